The third-order valence-corrected chi connectivity index (χ3v) is 4.60. The first-order valence-corrected chi connectivity index (χ1v) is 7.86. The van der Waals surface area contributed by atoms with Gasteiger partial charge in [0.2, 0.25) is 0 Å². The third-order valence-electron chi connectivity index (χ3n) is 3.06. The van der Waals surface area contributed by atoms with Gasteiger partial charge in [0.1, 0.15) is 0 Å². The van der Waals surface area contributed by atoms with E-state index in [9.17, 15) is 13.2 Å². The Labute approximate surface area is 117 Å². The number of aliphatic carboxylic acids is 1. The summed E-state index contributed by atoms with van der Waals surface area (Å²) in [6, 6.07) is 3.02. The monoisotopic (exact) mass is 299 g/mol. The quantitative estimate of drug-likeness (QED) is 0.839. The zero-order chi connectivity index (χ0) is 14.6. The van der Waals surface area contributed by atoms with Gasteiger partial charge in [0.15, 0.2) is 0 Å². The maximum Gasteiger partial charge on any atom is 0.309 e. The van der Waals surface area contributed by atoms with Crippen molar-refractivity contribution in [3.05, 3.63) is 24.0 Å². The number of carbonyl (C=O) groups is 1. The van der Waals surface area contributed by atoms with Crippen molar-refractivity contribution in [1.29, 1.82) is 0 Å². The maximum absolute atomic E-state index is 12.1. The third kappa shape index (κ3) is 3.91. The molecule has 0 saturated carbocycles. The van der Waals surface area contributed by atoms with E-state index in [1.165, 1.54) is 22.6 Å². The summed E-state index contributed by atoms with van der Waals surface area (Å²) in [5.74, 6) is -0.973. The van der Waals surface area contributed by atoms with E-state index in [0.29, 0.717) is 24.5 Å². The molecule has 7 nitrogen and oxygen atoms in total. The lowest BCUT2D eigenvalue weighted by molar-refractivity contribution is -0.136. The second kappa shape index (κ2) is 6.19. The first-order valence-electron chi connectivity index (χ1n) is 6.42. The molecular formula is C12H17N3O4S. The van der Waals surface area contributed by atoms with Crippen LogP contribution in [0, 0.1) is 0 Å². The molecule has 1 aromatic rings. The summed E-state index contributed by atoms with van der Waals surface area (Å²) in [5.41, 5.74) is 0.725. The molecule has 1 fully saturated rings. The van der Waals surface area contributed by atoms with E-state index >= 15 is 0 Å². The second-order valence-corrected chi connectivity index (χ2v) is 6.35. The highest BCUT2D eigenvalue weighted by Gasteiger charge is 2.23. The van der Waals surface area contributed by atoms with Crippen LogP contribution in [0.1, 0.15) is 25.0 Å². The van der Waals surface area contributed by atoms with Gasteiger partial charge in [0.05, 0.1) is 24.0 Å². The van der Waals surface area contributed by atoms with Crippen molar-refractivity contribution in [2.75, 3.05) is 17.8 Å². The number of rotatable bonds is 5. The molecular weight excluding hydrogens is 282 g/mol. The Morgan fingerprint density at radius 3 is 2.55 bits per heavy atom. The normalized spacial score (nSPS) is 16.8. The van der Waals surface area contributed by atoms with E-state index in [1.54, 1.807) is 0 Å². The standard InChI is InChI=1S/C12H17N3O4S/c16-12(17)8-10-4-5-11(9-13-10)14-20(18,19)15-6-2-1-3-7-15/h4-5,9,14H,1-3,6-8H2,(H,16,17). The molecule has 0 aliphatic carbocycles. The molecule has 0 unspecified atom stereocenters. The molecule has 0 amide bonds. The van der Waals surface area contributed by atoms with E-state index in [0.717, 1.165) is 19.3 Å². The lowest BCUT2D eigenvalue weighted by Gasteiger charge is -2.26. The van der Waals surface area contributed by atoms with Gasteiger partial charge < -0.3 is 5.11 Å². The van der Waals surface area contributed by atoms with Crippen molar-refractivity contribution in [1.82, 2.24) is 9.29 Å². The average molecular weight is 299 g/mol. The predicted octanol–water partition coefficient (Wildman–Crippen LogP) is 0.851. The van der Waals surface area contributed by atoms with E-state index in [2.05, 4.69) is 9.71 Å². The number of pyridine rings is 1. The van der Waals surface area contributed by atoms with E-state index in [4.69, 9.17) is 5.11 Å². The van der Waals surface area contributed by atoms with Gasteiger partial charge in [0, 0.05) is 13.1 Å². The first kappa shape index (κ1) is 14.7. The van der Waals surface area contributed by atoms with Gasteiger partial charge in [-0.2, -0.15) is 12.7 Å². The lowest BCUT2D eigenvalue weighted by Crippen LogP contribution is -2.39. The van der Waals surface area contributed by atoms with Crippen molar-refractivity contribution >= 4 is 21.9 Å². The minimum absolute atomic E-state index is 0.181. The number of hydrogen-bond acceptors (Lipinski definition) is 4. The van der Waals surface area contributed by atoms with Crippen LogP contribution in [-0.4, -0.2) is 41.9 Å². The van der Waals surface area contributed by atoms with Gasteiger partial charge in [0.25, 0.3) is 0 Å². The molecule has 0 spiro atoms. The zero-order valence-corrected chi connectivity index (χ0v) is 11.8. The van der Waals surface area contributed by atoms with Gasteiger partial charge >= 0.3 is 16.2 Å². The summed E-state index contributed by atoms with van der Waals surface area (Å²) in [7, 11) is -3.55. The number of anilines is 1. The SMILES string of the molecule is O=C(O)Cc1ccc(NS(=O)(=O)N2CCCCC2)cn1. The molecule has 20 heavy (non-hydrogen) atoms. The second-order valence-electron chi connectivity index (χ2n) is 4.68. The van der Waals surface area contributed by atoms with Crippen molar-refractivity contribution in [2.24, 2.45) is 0 Å². The Balaban J connectivity index is 2.03. The smallest absolute Gasteiger partial charge is 0.309 e. The minimum Gasteiger partial charge on any atom is -0.481 e. The summed E-state index contributed by atoms with van der Waals surface area (Å²) < 4.78 is 28.1. The van der Waals surface area contributed by atoms with Crippen LogP contribution in [0.3, 0.4) is 0 Å². The Bertz CT molecular complexity index is 565. The number of carboxylic acid groups (broad SMARTS) is 1. The van der Waals surface area contributed by atoms with Crippen LogP contribution < -0.4 is 4.72 Å². The number of nitrogens with one attached hydrogen (secondary N) is 1. The molecule has 110 valence electrons. The Morgan fingerprint density at radius 1 is 1.30 bits per heavy atom. The summed E-state index contributed by atoms with van der Waals surface area (Å²) in [5, 5.41) is 8.63. The molecule has 0 radical (unpaired) electrons. The summed E-state index contributed by atoms with van der Waals surface area (Å²) in [6.45, 7) is 1.06. The van der Waals surface area contributed by atoms with Gasteiger partial charge in [-0.05, 0) is 25.0 Å². The lowest BCUT2D eigenvalue weighted by atomic mass is 10.2. The highest BCUT2D eigenvalue weighted by atomic mass is 32.2. The molecule has 8 heteroatoms. The van der Waals surface area contributed by atoms with E-state index < -0.39 is 16.2 Å². The van der Waals surface area contributed by atoms with Crippen molar-refractivity contribution < 1.29 is 18.3 Å². The van der Waals surface area contributed by atoms with Crippen LogP contribution in [0.15, 0.2) is 18.3 Å². The molecule has 0 atom stereocenters. The molecule has 1 aliphatic rings. The summed E-state index contributed by atoms with van der Waals surface area (Å²) in [6.07, 6.45) is 3.95. The van der Waals surface area contributed by atoms with Crippen LogP contribution in [0.4, 0.5) is 5.69 Å². The Hall–Kier alpha value is -1.67. The van der Waals surface area contributed by atoms with Gasteiger partial charge in [-0.3, -0.25) is 14.5 Å². The Kier molecular flexibility index (Phi) is 4.56. The number of piperidine rings is 1. The largest absolute Gasteiger partial charge is 0.481 e. The van der Waals surface area contributed by atoms with E-state index in [-0.39, 0.29) is 6.42 Å². The van der Waals surface area contributed by atoms with Crippen molar-refractivity contribution in [2.45, 2.75) is 25.7 Å². The molecule has 2 heterocycles. The molecule has 1 saturated heterocycles. The predicted molar refractivity (Wildman–Crippen MR) is 73.5 cm³/mol. The molecule has 2 rings (SSSR count). The zero-order valence-electron chi connectivity index (χ0n) is 10.9. The fourth-order valence-electron chi connectivity index (χ4n) is 2.06. The van der Waals surface area contributed by atoms with Gasteiger partial charge in [-0.1, -0.05) is 6.42 Å². The van der Waals surface area contributed by atoms with Gasteiger partial charge in [-0.15, -0.1) is 0 Å². The average Bonchev–Trinajstić information content (AvgIpc) is 2.41. The number of nitrogens with zero attached hydrogens (tertiary/aromatic N) is 2. The van der Waals surface area contributed by atoms with Gasteiger partial charge in [-0.25, -0.2) is 0 Å². The molecule has 1 aromatic heterocycles. The van der Waals surface area contributed by atoms with E-state index in [1.807, 2.05) is 0 Å². The topological polar surface area (TPSA) is 99.6 Å². The Morgan fingerprint density at radius 2 is 2.00 bits per heavy atom. The van der Waals surface area contributed by atoms with Crippen LogP contribution in [-0.2, 0) is 21.4 Å². The summed E-state index contributed by atoms with van der Waals surface area (Å²) >= 11 is 0. The maximum atomic E-state index is 12.1. The first-order chi connectivity index (χ1) is 9.47. The van der Waals surface area contributed by atoms with Crippen LogP contribution >= 0.6 is 0 Å². The van der Waals surface area contributed by atoms with Crippen LogP contribution in [0.5, 0.6) is 0 Å². The highest BCUT2D eigenvalue weighted by Crippen LogP contribution is 2.16. The minimum atomic E-state index is -3.55. The molecule has 2 N–H and O–H groups in total. The fraction of sp³-hybridized carbons (Fsp3) is 0.500. The summed E-state index contributed by atoms with van der Waals surface area (Å²) in [4.78, 5) is 14.5. The highest BCUT2D eigenvalue weighted by molar-refractivity contribution is 7.90. The van der Waals surface area contributed by atoms with Crippen LogP contribution in [0.25, 0.3) is 0 Å². The molecule has 1 aliphatic heterocycles. The van der Waals surface area contributed by atoms with Crippen LogP contribution in [0.2, 0.25) is 0 Å². The number of carboxylic acids is 1. The van der Waals surface area contributed by atoms with Crippen molar-refractivity contribution in [3.8, 4) is 0 Å². The fourth-order valence-corrected chi connectivity index (χ4v) is 3.35. The number of hydrogen-bond donors (Lipinski definition) is 2. The molecule has 0 aromatic carbocycles. The number of aromatic nitrogens is 1. The molecule has 0 bridgehead atoms. The van der Waals surface area contributed by atoms with Crippen molar-refractivity contribution in [3.63, 3.8) is 0 Å².